The summed E-state index contributed by atoms with van der Waals surface area (Å²) in [5, 5.41) is 0. The number of esters is 1. The van der Waals surface area contributed by atoms with Gasteiger partial charge in [-0.3, -0.25) is 9.69 Å². The third-order valence-electron chi connectivity index (χ3n) is 4.41. The molecule has 26 heavy (non-hydrogen) atoms. The number of rotatable bonds is 8. The fourth-order valence-corrected chi connectivity index (χ4v) is 2.74. The molecule has 142 valence electrons. The lowest BCUT2D eigenvalue weighted by molar-refractivity contribution is -0.139. The molecule has 0 aromatic heterocycles. The van der Waals surface area contributed by atoms with Gasteiger partial charge in [-0.25, -0.2) is 4.79 Å². The normalized spacial score (nSPS) is 15.3. The molecule has 0 saturated carbocycles. The van der Waals surface area contributed by atoms with E-state index in [-0.39, 0.29) is 19.0 Å². The molecule has 0 aliphatic carbocycles. The van der Waals surface area contributed by atoms with Crippen LogP contribution in [0.3, 0.4) is 0 Å². The summed E-state index contributed by atoms with van der Waals surface area (Å²) >= 11 is 0. The van der Waals surface area contributed by atoms with Crippen LogP contribution in [0, 0.1) is 0 Å². The van der Waals surface area contributed by atoms with Gasteiger partial charge in [0.2, 0.25) is 0 Å². The molecular weight excluding hydrogens is 334 g/mol. The van der Waals surface area contributed by atoms with Gasteiger partial charge in [0.15, 0.2) is 5.78 Å². The molecular formula is C20H27NO5. The first-order valence-electron chi connectivity index (χ1n) is 8.75. The van der Waals surface area contributed by atoms with Crippen LogP contribution in [0.4, 0.5) is 0 Å². The largest absolute Gasteiger partial charge is 0.490 e. The standard InChI is InChI=1S/C20H27NO5/c1-15(2)19(23)26-14-13-25-17-7-5-16(6-8-17)18(22)20(3,4)21-9-11-24-12-10-21/h5-8H,1,9-14H2,2-4H3. The Hall–Kier alpha value is -2.18. The lowest BCUT2D eigenvalue weighted by Crippen LogP contribution is -2.54. The highest BCUT2D eigenvalue weighted by molar-refractivity contribution is 6.02. The number of ketones is 1. The molecule has 1 aliphatic heterocycles. The molecule has 0 spiro atoms. The van der Waals surface area contributed by atoms with Crippen molar-refractivity contribution in [3.05, 3.63) is 42.0 Å². The fourth-order valence-electron chi connectivity index (χ4n) is 2.74. The summed E-state index contributed by atoms with van der Waals surface area (Å²) in [6.45, 7) is 12.2. The van der Waals surface area contributed by atoms with Gasteiger partial charge in [-0.1, -0.05) is 6.58 Å². The van der Waals surface area contributed by atoms with Gasteiger partial charge in [-0.05, 0) is 45.0 Å². The topological polar surface area (TPSA) is 65.1 Å². The van der Waals surface area contributed by atoms with Gasteiger partial charge >= 0.3 is 5.97 Å². The second-order valence-electron chi connectivity index (χ2n) is 6.78. The molecule has 0 bridgehead atoms. The number of Topliss-reactive ketones (excluding diaryl/α,β-unsaturated/α-hetero) is 1. The van der Waals surface area contributed by atoms with Gasteiger partial charge in [0, 0.05) is 24.2 Å². The Balaban J connectivity index is 1.88. The molecule has 1 heterocycles. The third-order valence-corrected chi connectivity index (χ3v) is 4.41. The van der Waals surface area contributed by atoms with Crippen LogP contribution in [0.15, 0.2) is 36.4 Å². The molecule has 0 atom stereocenters. The van der Waals surface area contributed by atoms with Crippen molar-refractivity contribution in [3.8, 4) is 5.75 Å². The summed E-state index contributed by atoms with van der Waals surface area (Å²) in [5.74, 6) is 0.262. The summed E-state index contributed by atoms with van der Waals surface area (Å²) in [6, 6.07) is 7.03. The van der Waals surface area contributed by atoms with E-state index in [1.165, 1.54) is 0 Å². The van der Waals surface area contributed by atoms with Crippen LogP contribution >= 0.6 is 0 Å². The van der Waals surface area contributed by atoms with Gasteiger partial charge < -0.3 is 14.2 Å². The molecule has 0 unspecified atom stereocenters. The van der Waals surface area contributed by atoms with Crippen LogP contribution in [-0.2, 0) is 14.3 Å². The minimum absolute atomic E-state index is 0.0707. The Bertz CT molecular complexity index is 645. The van der Waals surface area contributed by atoms with Crippen molar-refractivity contribution in [1.29, 1.82) is 0 Å². The lowest BCUT2D eigenvalue weighted by Gasteiger charge is -2.39. The predicted octanol–water partition coefficient (Wildman–Crippen LogP) is 2.48. The molecule has 0 N–H and O–H groups in total. The molecule has 1 aromatic rings. The fraction of sp³-hybridized carbons (Fsp3) is 0.500. The molecule has 2 rings (SSSR count). The zero-order valence-electron chi connectivity index (χ0n) is 15.7. The van der Waals surface area contributed by atoms with Gasteiger partial charge in [-0.2, -0.15) is 0 Å². The average Bonchev–Trinajstić information content (AvgIpc) is 2.65. The summed E-state index contributed by atoms with van der Waals surface area (Å²) in [6.07, 6.45) is 0. The molecule has 1 saturated heterocycles. The van der Waals surface area contributed by atoms with Crippen molar-refractivity contribution in [1.82, 2.24) is 4.90 Å². The summed E-state index contributed by atoms with van der Waals surface area (Å²) in [4.78, 5) is 26.3. The average molecular weight is 361 g/mol. The van der Waals surface area contributed by atoms with Gasteiger partial charge in [0.1, 0.15) is 19.0 Å². The van der Waals surface area contributed by atoms with E-state index in [4.69, 9.17) is 14.2 Å². The highest BCUT2D eigenvalue weighted by atomic mass is 16.6. The van der Waals surface area contributed by atoms with Crippen molar-refractivity contribution >= 4 is 11.8 Å². The van der Waals surface area contributed by atoms with Crippen LogP contribution in [0.1, 0.15) is 31.1 Å². The van der Waals surface area contributed by atoms with E-state index < -0.39 is 11.5 Å². The monoisotopic (exact) mass is 361 g/mol. The van der Waals surface area contributed by atoms with E-state index in [0.717, 1.165) is 13.1 Å². The molecule has 6 heteroatoms. The van der Waals surface area contributed by atoms with E-state index >= 15 is 0 Å². The highest BCUT2D eigenvalue weighted by Gasteiger charge is 2.35. The Morgan fingerprint density at radius 2 is 1.77 bits per heavy atom. The quantitative estimate of drug-likeness (QED) is 0.307. The van der Waals surface area contributed by atoms with Crippen molar-refractivity contribution in [2.45, 2.75) is 26.3 Å². The first-order valence-corrected chi connectivity index (χ1v) is 8.75. The van der Waals surface area contributed by atoms with Crippen LogP contribution in [0.5, 0.6) is 5.75 Å². The first-order chi connectivity index (χ1) is 12.3. The van der Waals surface area contributed by atoms with Gasteiger partial charge in [0.25, 0.3) is 0 Å². The maximum absolute atomic E-state index is 12.9. The van der Waals surface area contributed by atoms with E-state index in [1.54, 1.807) is 31.2 Å². The van der Waals surface area contributed by atoms with E-state index in [0.29, 0.717) is 30.1 Å². The molecule has 1 fully saturated rings. The second-order valence-corrected chi connectivity index (χ2v) is 6.78. The number of nitrogens with zero attached hydrogens (tertiary/aromatic N) is 1. The number of hydrogen-bond donors (Lipinski definition) is 0. The first kappa shape index (κ1) is 20.1. The maximum Gasteiger partial charge on any atom is 0.333 e. The molecule has 0 radical (unpaired) electrons. The Kier molecular flexibility index (Phi) is 6.94. The van der Waals surface area contributed by atoms with Crippen LogP contribution in [-0.4, -0.2) is 61.7 Å². The van der Waals surface area contributed by atoms with Crippen LogP contribution < -0.4 is 4.74 Å². The summed E-state index contributed by atoms with van der Waals surface area (Å²) in [7, 11) is 0. The number of ether oxygens (including phenoxy) is 3. The number of carbonyl (C=O) groups excluding carboxylic acids is 2. The third kappa shape index (κ3) is 5.16. The predicted molar refractivity (Wildman–Crippen MR) is 98.5 cm³/mol. The van der Waals surface area contributed by atoms with E-state index in [1.807, 2.05) is 13.8 Å². The van der Waals surface area contributed by atoms with Crippen LogP contribution in [0.25, 0.3) is 0 Å². The van der Waals surface area contributed by atoms with Crippen LogP contribution in [0.2, 0.25) is 0 Å². The van der Waals surface area contributed by atoms with Crippen molar-refractivity contribution in [2.24, 2.45) is 0 Å². The number of morpholine rings is 1. The molecule has 1 aromatic carbocycles. The maximum atomic E-state index is 12.9. The minimum Gasteiger partial charge on any atom is -0.490 e. The Labute approximate surface area is 154 Å². The second kappa shape index (κ2) is 8.96. The van der Waals surface area contributed by atoms with Crippen molar-refractivity contribution < 1.29 is 23.8 Å². The minimum atomic E-state index is -0.580. The Morgan fingerprint density at radius 1 is 1.15 bits per heavy atom. The zero-order valence-corrected chi connectivity index (χ0v) is 15.7. The van der Waals surface area contributed by atoms with E-state index in [2.05, 4.69) is 11.5 Å². The smallest absolute Gasteiger partial charge is 0.333 e. The van der Waals surface area contributed by atoms with Gasteiger partial charge in [-0.15, -0.1) is 0 Å². The van der Waals surface area contributed by atoms with Gasteiger partial charge in [0.05, 0.1) is 18.8 Å². The van der Waals surface area contributed by atoms with Crippen molar-refractivity contribution in [3.63, 3.8) is 0 Å². The number of carbonyl (C=O) groups is 2. The molecule has 6 nitrogen and oxygen atoms in total. The summed E-state index contributed by atoms with van der Waals surface area (Å²) < 4.78 is 15.9. The SMILES string of the molecule is C=C(C)C(=O)OCCOc1ccc(C(=O)C(C)(C)N2CCOCC2)cc1. The zero-order chi connectivity index (χ0) is 19.2. The Morgan fingerprint density at radius 3 is 2.35 bits per heavy atom. The van der Waals surface area contributed by atoms with E-state index in [9.17, 15) is 9.59 Å². The summed E-state index contributed by atoms with van der Waals surface area (Å²) in [5.41, 5.74) is 0.418. The number of benzene rings is 1. The highest BCUT2D eigenvalue weighted by Crippen LogP contribution is 2.23. The molecule has 0 amide bonds. The molecule has 1 aliphatic rings. The number of hydrogen-bond acceptors (Lipinski definition) is 6. The van der Waals surface area contributed by atoms with Crippen molar-refractivity contribution in [2.75, 3.05) is 39.5 Å². The lowest BCUT2D eigenvalue weighted by atomic mass is 9.91.